The van der Waals surface area contributed by atoms with Crippen molar-refractivity contribution in [1.29, 1.82) is 0 Å². The Morgan fingerprint density at radius 3 is 2.18 bits per heavy atom. The summed E-state index contributed by atoms with van der Waals surface area (Å²) in [5.41, 5.74) is 0. The maximum Gasteiger partial charge on any atom is 0.119 e. The van der Waals surface area contributed by atoms with Gasteiger partial charge in [-0.3, -0.25) is 0 Å². The predicted octanol–water partition coefficient (Wildman–Crippen LogP) is 5.39. The predicted molar refractivity (Wildman–Crippen MR) is 79.2 cm³/mol. The van der Waals surface area contributed by atoms with E-state index in [1.54, 1.807) is 0 Å². The van der Waals surface area contributed by atoms with Gasteiger partial charge in [-0.1, -0.05) is 34.1 Å². The fraction of sp³-hybridized carbons (Fsp3) is 0.600. The van der Waals surface area contributed by atoms with Crippen molar-refractivity contribution in [1.82, 2.24) is 0 Å². The van der Waals surface area contributed by atoms with Crippen LogP contribution in [-0.2, 0) is 0 Å². The van der Waals surface area contributed by atoms with Gasteiger partial charge in [0.15, 0.2) is 0 Å². The van der Waals surface area contributed by atoms with Gasteiger partial charge in [0.05, 0.1) is 6.61 Å². The van der Waals surface area contributed by atoms with E-state index in [1.165, 1.54) is 23.5 Å². The molecule has 0 aromatic heterocycles. The topological polar surface area (TPSA) is 9.23 Å². The Labute approximate surface area is 111 Å². The molecular formula is C15H26OS. The Balaban J connectivity index is 0.00000121. The van der Waals surface area contributed by atoms with Crippen LogP contribution in [0.4, 0.5) is 0 Å². The van der Waals surface area contributed by atoms with E-state index in [2.05, 4.69) is 38.1 Å². The molecule has 0 aliphatic rings. The van der Waals surface area contributed by atoms with E-state index >= 15 is 0 Å². The minimum Gasteiger partial charge on any atom is -0.494 e. The molecule has 17 heavy (non-hydrogen) atoms. The zero-order chi connectivity index (χ0) is 12.9. The minimum absolute atomic E-state index is 0.831. The molecule has 0 radical (unpaired) electrons. The summed E-state index contributed by atoms with van der Waals surface area (Å²) in [6.45, 7) is 9.21. The van der Waals surface area contributed by atoms with Crippen LogP contribution in [0, 0.1) is 0 Å². The molecule has 1 rings (SSSR count). The molecule has 1 nitrogen and oxygen atoms in total. The van der Waals surface area contributed by atoms with Crippen LogP contribution in [0.15, 0.2) is 29.2 Å². The number of thioether (sulfide) groups is 1. The molecule has 1 aromatic rings. The van der Waals surface area contributed by atoms with Gasteiger partial charge in [0.25, 0.3) is 0 Å². The van der Waals surface area contributed by atoms with Crippen LogP contribution in [0.2, 0.25) is 0 Å². The van der Waals surface area contributed by atoms with Crippen molar-refractivity contribution in [2.45, 2.75) is 51.9 Å². The number of hydrogen-bond donors (Lipinski definition) is 0. The average Bonchev–Trinajstić information content (AvgIpc) is 2.40. The Morgan fingerprint density at radius 1 is 1.00 bits per heavy atom. The van der Waals surface area contributed by atoms with E-state index in [0.717, 1.165) is 18.8 Å². The highest BCUT2D eigenvalue weighted by atomic mass is 32.2. The fourth-order valence-electron chi connectivity index (χ4n) is 1.19. The fourth-order valence-corrected chi connectivity index (χ4v) is 1.95. The SMILES string of the molecule is CC.CCCCOc1ccc(SCCC)cc1. The van der Waals surface area contributed by atoms with Gasteiger partial charge in [-0.15, -0.1) is 11.8 Å². The molecule has 0 unspecified atom stereocenters. The van der Waals surface area contributed by atoms with Crippen molar-refractivity contribution in [2.24, 2.45) is 0 Å². The Morgan fingerprint density at radius 2 is 1.65 bits per heavy atom. The second-order valence-corrected chi connectivity index (χ2v) is 4.69. The van der Waals surface area contributed by atoms with Gasteiger partial charge in [0.2, 0.25) is 0 Å². The van der Waals surface area contributed by atoms with E-state index in [9.17, 15) is 0 Å². The van der Waals surface area contributed by atoms with Gasteiger partial charge in [0.1, 0.15) is 5.75 Å². The summed E-state index contributed by atoms with van der Waals surface area (Å²) in [6.07, 6.45) is 3.54. The van der Waals surface area contributed by atoms with Gasteiger partial charge >= 0.3 is 0 Å². The maximum absolute atomic E-state index is 5.60. The highest BCUT2D eigenvalue weighted by molar-refractivity contribution is 7.99. The van der Waals surface area contributed by atoms with Gasteiger partial charge < -0.3 is 4.74 Å². The van der Waals surface area contributed by atoms with Crippen molar-refractivity contribution in [3.63, 3.8) is 0 Å². The molecule has 0 N–H and O–H groups in total. The molecular weight excluding hydrogens is 228 g/mol. The average molecular weight is 254 g/mol. The summed E-state index contributed by atoms with van der Waals surface area (Å²) in [5.74, 6) is 2.18. The summed E-state index contributed by atoms with van der Waals surface area (Å²) in [5, 5.41) is 0. The van der Waals surface area contributed by atoms with Crippen LogP contribution in [0.25, 0.3) is 0 Å². The molecule has 0 fully saturated rings. The highest BCUT2D eigenvalue weighted by Crippen LogP contribution is 2.21. The molecule has 2 heteroatoms. The Bertz CT molecular complexity index is 256. The first-order valence-corrected chi connectivity index (χ1v) is 7.71. The van der Waals surface area contributed by atoms with E-state index in [-0.39, 0.29) is 0 Å². The molecule has 0 bridgehead atoms. The summed E-state index contributed by atoms with van der Waals surface area (Å²) < 4.78 is 5.60. The third-order valence-corrected chi connectivity index (χ3v) is 3.28. The van der Waals surface area contributed by atoms with Gasteiger partial charge in [-0.05, 0) is 42.9 Å². The van der Waals surface area contributed by atoms with Crippen molar-refractivity contribution in [2.75, 3.05) is 12.4 Å². The molecule has 0 spiro atoms. The number of benzene rings is 1. The number of ether oxygens (including phenoxy) is 1. The van der Waals surface area contributed by atoms with Gasteiger partial charge in [-0.2, -0.15) is 0 Å². The highest BCUT2D eigenvalue weighted by Gasteiger charge is 1.95. The van der Waals surface area contributed by atoms with Crippen LogP contribution in [0.3, 0.4) is 0 Å². The summed E-state index contributed by atoms with van der Waals surface area (Å²) in [7, 11) is 0. The lowest BCUT2D eigenvalue weighted by Gasteiger charge is -2.06. The van der Waals surface area contributed by atoms with Crippen LogP contribution < -0.4 is 4.74 Å². The van der Waals surface area contributed by atoms with Crippen molar-refractivity contribution < 1.29 is 4.74 Å². The lowest BCUT2D eigenvalue weighted by molar-refractivity contribution is 0.309. The van der Waals surface area contributed by atoms with Crippen LogP contribution in [0.5, 0.6) is 5.75 Å². The molecule has 98 valence electrons. The quantitative estimate of drug-likeness (QED) is 0.476. The first-order chi connectivity index (χ1) is 8.36. The molecule has 1 aromatic carbocycles. The second-order valence-electron chi connectivity index (χ2n) is 3.52. The smallest absolute Gasteiger partial charge is 0.119 e. The standard InChI is InChI=1S/C13H20OS.C2H6/c1-3-5-10-14-12-6-8-13(9-7-12)15-11-4-2;1-2/h6-9H,3-5,10-11H2,1-2H3;1-2H3. The maximum atomic E-state index is 5.60. The van der Waals surface area contributed by atoms with E-state index in [0.29, 0.717) is 0 Å². The molecule has 0 aliphatic carbocycles. The van der Waals surface area contributed by atoms with E-state index in [4.69, 9.17) is 4.74 Å². The molecule has 0 saturated carbocycles. The third-order valence-electron chi connectivity index (χ3n) is 2.06. The van der Waals surface area contributed by atoms with E-state index in [1.807, 2.05) is 25.6 Å². The van der Waals surface area contributed by atoms with Crippen molar-refractivity contribution in [3.05, 3.63) is 24.3 Å². The van der Waals surface area contributed by atoms with Crippen molar-refractivity contribution in [3.8, 4) is 5.75 Å². The van der Waals surface area contributed by atoms with Crippen LogP contribution in [-0.4, -0.2) is 12.4 Å². The molecule has 0 atom stereocenters. The first kappa shape index (κ1) is 16.4. The minimum atomic E-state index is 0.831. The summed E-state index contributed by atoms with van der Waals surface area (Å²) in [6, 6.07) is 8.41. The van der Waals surface area contributed by atoms with Gasteiger partial charge in [0, 0.05) is 4.90 Å². The van der Waals surface area contributed by atoms with Crippen LogP contribution in [0.1, 0.15) is 47.0 Å². The molecule has 0 aliphatic heterocycles. The third kappa shape index (κ3) is 8.14. The molecule has 0 saturated heterocycles. The number of rotatable bonds is 7. The second kappa shape index (κ2) is 11.8. The van der Waals surface area contributed by atoms with Gasteiger partial charge in [-0.25, -0.2) is 0 Å². The van der Waals surface area contributed by atoms with Crippen molar-refractivity contribution >= 4 is 11.8 Å². The normalized spacial score (nSPS) is 9.41. The van der Waals surface area contributed by atoms with E-state index < -0.39 is 0 Å². The summed E-state index contributed by atoms with van der Waals surface area (Å²) >= 11 is 1.90. The first-order valence-electron chi connectivity index (χ1n) is 6.72. The lowest BCUT2D eigenvalue weighted by Crippen LogP contribution is -1.95. The number of unbranched alkanes of at least 4 members (excludes halogenated alkanes) is 1. The molecule has 0 heterocycles. The Hall–Kier alpha value is -0.630. The Kier molecular flexibility index (Phi) is 11.4. The monoisotopic (exact) mass is 254 g/mol. The largest absolute Gasteiger partial charge is 0.494 e. The summed E-state index contributed by atoms with van der Waals surface area (Å²) in [4.78, 5) is 1.33. The van der Waals surface area contributed by atoms with Crippen LogP contribution >= 0.6 is 11.8 Å². The molecule has 0 amide bonds. The zero-order valence-corrected chi connectivity index (χ0v) is 12.5. The zero-order valence-electron chi connectivity index (χ0n) is 11.7. The lowest BCUT2D eigenvalue weighted by atomic mass is 10.3. The number of hydrogen-bond acceptors (Lipinski definition) is 2.